The Morgan fingerprint density at radius 1 is 1.40 bits per heavy atom. The Morgan fingerprint density at radius 3 is 2.73 bits per heavy atom. The van der Waals surface area contributed by atoms with Crippen molar-refractivity contribution in [3.8, 4) is 0 Å². The van der Waals surface area contributed by atoms with Crippen LogP contribution in [0.2, 0.25) is 5.02 Å². The van der Waals surface area contributed by atoms with Crippen LogP contribution in [-0.2, 0) is 0 Å². The number of rotatable bonds is 5. The van der Waals surface area contributed by atoms with Crippen molar-refractivity contribution >= 4 is 11.6 Å². The Labute approximate surface area is 97.8 Å². The molecule has 0 aliphatic carbocycles. The average molecular weight is 226 g/mol. The highest BCUT2D eigenvalue weighted by Gasteiger charge is 2.12. The summed E-state index contributed by atoms with van der Waals surface area (Å²) in [6.45, 7) is 4.31. The van der Waals surface area contributed by atoms with Gasteiger partial charge in [-0.05, 0) is 37.6 Å². The molecule has 0 aromatic heterocycles. The predicted molar refractivity (Wildman–Crippen MR) is 67.5 cm³/mol. The minimum Gasteiger partial charge on any atom is -0.313 e. The van der Waals surface area contributed by atoms with E-state index in [0.29, 0.717) is 6.04 Å². The summed E-state index contributed by atoms with van der Waals surface area (Å²) < 4.78 is 0. The summed E-state index contributed by atoms with van der Waals surface area (Å²) in [5.41, 5.74) is 2.54. The molecule has 1 unspecified atom stereocenters. The number of benzene rings is 1. The number of halogens is 1. The topological polar surface area (TPSA) is 12.0 Å². The lowest BCUT2D eigenvalue weighted by Crippen LogP contribution is -2.17. The van der Waals surface area contributed by atoms with Gasteiger partial charge in [0.15, 0.2) is 0 Å². The first-order valence-corrected chi connectivity index (χ1v) is 6.00. The van der Waals surface area contributed by atoms with Gasteiger partial charge < -0.3 is 5.32 Å². The lowest BCUT2D eigenvalue weighted by Gasteiger charge is -2.19. The average Bonchev–Trinajstić information content (AvgIpc) is 2.25. The van der Waals surface area contributed by atoms with E-state index in [1.54, 1.807) is 0 Å². The molecular weight excluding hydrogens is 206 g/mol. The molecule has 15 heavy (non-hydrogen) atoms. The Hall–Kier alpha value is -0.530. The van der Waals surface area contributed by atoms with Gasteiger partial charge in [0.1, 0.15) is 0 Å². The lowest BCUT2D eigenvalue weighted by molar-refractivity contribution is 0.521. The molecule has 84 valence electrons. The second-order valence-electron chi connectivity index (χ2n) is 3.94. The second kappa shape index (κ2) is 6.14. The predicted octanol–water partition coefficient (Wildman–Crippen LogP) is 4.10. The van der Waals surface area contributed by atoms with Crippen molar-refractivity contribution in [1.29, 1.82) is 0 Å². The van der Waals surface area contributed by atoms with Crippen LogP contribution in [0.4, 0.5) is 0 Å². The maximum Gasteiger partial charge on any atom is 0.0438 e. The van der Waals surface area contributed by atoms with Crippen molar-refractivity contribution in [2.45, 2.75) is 39.2 Å². The second-order valence-corrected chi connectivity index (χ2v) is 4.34. The van der Waals surface area contributed by atoms with Crippen LogP contribution in [0, 0.1) is 6.92 Å². The van der Waals surface area contributed by atoms with E-state index in [-0.39, 0.29) is 0 Å². The summed E-state index contributed by atoms with van der Waals surface area (Å²) in [5.74, 6) is 0. The van der Waals surface area contributed by atoms with Gasteiger partial charge in [-0.25, -0.2) is 0 Å². The number of nitrogens with one attached hydrogen (secondary N) is 1. The number of hydrogen-bond donors (Lipinski definition) is 1. The highest BCUT2D eigenvalue weighted by Crippen LogP contribution is 2.26. The molecule has 0 saturated carbocycles. The van der Waals surface area contributed by atoms with Gasteiger partial charge in [-0.2, -0.15) is 0 Å². The van der Waals surface area contributed by atoms with E-state index >= 15 is 0 Å². The molecule has 0 spiro atoms. The summed E-state index contributed by atoms with van der Waals surface area (Å²) in [7, 11) is 2.01. The first-order valence-electron chi connectivity index (χ1n) is 5.63. The first-order chi connectivity index (χ1) is 7.20. The molecule has 0 fully saturated rings. The molecule has 1 nitrogen and oxygen atoms in total. The standard InChI is InChI=1S/C13H20ClN/c1-4-5-9-13(15-3)11-7-6-8-12(14)10(11)2/h6-8,13,15H,4-5,9H2,1-3H3. The summed E-state index contributed by atoms with van der Waals surface area (Å²) in [5, 5.41) is 4.23. The first kappa shape index (κ1) is 12.5. The van der Waals surface area contributed by atoms with Gasteiger partial charge in [0.25, 0.3) is 0 Å². The molecule has 0 aliphatic rings. The molecule has 0 radical (unpaired) electrons. The molecule has 0 saturated heterocycles. The van der Waals surface area contributed by atoms with E-state index in [1.807, 2.05) is 19.2 Å². The maximum absolute atomic E-state index is 6.12. The van der Waals surface area contributed by atoms with Crippen molar-refractivity contribution in [2.75, 3.05) is 7.05 Å². The molecule has 0 amide bonds. The van der Waals surface area contributed by atoms with E-state index < -0.39 is 0 Å². The molecule has 0 bridgehead atoms. The van der Waals surface area contributed by atoms with E-state index in [9.17, 15) is 0 Å². The molecule has 0 aliphatic heterocycles. The van der Waals surface area contributed by atoms with Crippen molar-refractivity contribution in [3.63, 3.8) is 0 Å². The minimum atomic E-state index is 0.434. The molecule has 0 heterocycles. The fourth-order valence-corrected chi connectivity index (χ4v) is 2.05. The third-order valence-corrected chi connectivity index (χ3v) is 3.29. The Balaban J connectivity index is 2.86. The number of hydrogen-bond acceptors (Lipinski definition) is 1. The fourth-order valence-electron chi connectivity index (χ4n) is 1.87. The van der Waals surface area contributed by atoms with Gasteiger partial charge in [-0.1, -0.05) is 43.5 Å². The highest BCUT2D eigenvalue weighted by molar-refractivity contribution is 6.31. The minimum absolute atomic E-state index is 0.434. The molecule has 1 rings (SSSR count). The van der Waals surface area contributed by atoms with Crippen LogP contribution in [-0.4, -0.2) is 7.05 Å². The fraction of sp³-hybridized carbons (Fsp3) is 0.538. The van der Waals surface area contributed by atoms with Crippen molar-refractivity contribution in [1.82, 2.24) is 5.32 Å². The van der Waals surface area contributed by atoms with Crippen LogP contribution in [0.15, 0.2) is 18.2 Å². The van der Waals surface area contributed by atoms with E-state index in [0.717, 1.165) is 5.02 Å². The van der Waals surface area contributed by atoms with Crippen molar-refractivity contribution in [2.24, 2.45) is 0 Å². The molecule has 2 heteroatoms. The largest absolute Gasteiger partial charge is 0.313 e. The van der Waals surface area contributed by atoms with E-state index in [1.165, 1.54) is 30.4 Å². The van der Waals surface area contributed by atoms with Crippen LogP contribution in [0.25, 0.3) is 0 Å². The summed E-state index contributed by atoms with van der Waals surface area (Å²) in [6, 6.07) is 6.58. The summed E-state index contributed by atoms with van der Waals surface area (Å²) in [6.07, 6.45) is 3.66. The maximum atomic E-state index is 6.12. The molecule has 1 aromatic carbocycles. The van der Waals surface area contributed by atoms with Crippen LogP contribution < -0.4 is 5.32 Å². The quantitative estimate of drug-likeness (QED) is 0.796. The third-order valence-electron chi connectivity index (χ3n) is 2.88. The van der Waals surface area contributed by atoms with Crippen LogP contribution in [0.1, 0.15) is 43.4 Å². The normalized spacial score (nSPS) is 12.8. The SMILES string of the molecule is CCCCC(NC)c1cccc(Cl)c1C. The molecule has 1 aromatic rings. The number of unbranched alkanes of at least 4 members (excludes halogenated alkanes) is 1. The monoisotopic (exact) mass is 225 g/mol. The smallest absolute Gasteiger partial charge is 0.0438 e. The Kier molecular flexibility index (Phi) is 5.13. The van der Waals surface area contributed by atoms with E-state index in [4.69, 9.17) is 11.6 Å². The Bertz CT molecular complexity index is 309. The summed E-state index contributed by atoms with van der Waals surface area (Å²) >= 11 is 6.12. The lowest BCUT2D eigenvalue weighted by atomic mass is 9.97. The zero-order chi connectivity index (χ0) is 11.3. The summed E-state index contributed by atoms with van der Waals surface area (Å²) in [4.78, 5) is 0. The van der Waals surface area contributed by atoms with Gasteiger partial charge >= 0.3 is 0 Å². The molecule has 1 N–H and O–H groups in total. The van der Waals surface area contributed by atoms with Crippen LogP contribution in [0.3, 0.4) is 0 Å². The third kappa shape index (κ3) is 3.22. The van der Waals surface area contributed by atoms with Gasteiger partial charge in [-0.3, -0.25) is 0 Å². The highest BCUT2D eigenvalue weighted by atomic mass is 35.5. The van der Waals surface area contributed by atoms with Crippen molar-refractivity contribution in [3.05, 3.63) is 34.3 Å². The van der Waals surface area contributed by atoms with E-state index in [2.05, 4.69) is 25.2 Å². The van der Waals surface area contributed by atoms with Gasteiger partial charge in [0.05, 0.1) is 0 Å². The zero-order valence-electron chi connectivity index (χ0n) is 9.81. The van der Waals surface area contributed by atoms with Crippen molar-refractivity contribution < 1.29 is 0 Å². The van der Waals surface area contributed by atoms with Gasteiger partial charge in [0, 0.05) is 11.1 Å². The Morgan fingerprint density at radius 2 is 2.13 bits per heavy atom. The molecule has 1 atom stereocenters. The molecular formula is C13H20ClN. The zero-order valence-corrected chi connectivity index (χ0v) is 10.6. The van der Waals surface area contributed by atoms with Gasteiger partial charge in [-0.15, -0.1) is 0 Å². The van der Waals surface area contributed by atoms with Crippen LogP contribution in [0.5, 0.6) is 0 Å². The van der Waals surface area contributed by atoms with Crippen LogP contribution >= 0.6 is 11.6 Å². The van der Waals surface area contributed by atoms with Gasteiger partial charge in [0.2, 0.25) is 0 Å².